The Kier molecular flexibility index (Phi) is 2.31. The van der Waals surface area contributed by atoms with E-state index in [4.69, 9.17) is 5.11 Å². The van der Waals surface area contributed by atoms with Crippen molar-refractivity contribution < 1.29 is 14.7 Å². The van der Waals surface area contributed by atoms with Crippen LogP contribution in [0.25, 0.3) is 0 Å². The molecule has 0 unspecified atom stereocenters. The summed E-state index contributed by atoms with van der Waals surface area (Å²) in [5.74, 6) is -1.23. The van der Waals surface area contributed by atoms with Crippen molar-refractivity contribution in [2.45, 2.75) is 19.3 Å². The van der Waals surface area contributed by atoms with Gasteiger partial charge in [-0.15, -0.1) is 0 Å². The molecule has 78 valence electrons. The van der Waals surface area contributed by atoms with Crippen LogP contribution in [0.4, 0.5) is 0 Å². The first-order chi connectivity index (χ1) is 7.17. The van der Waals surface area contributed by atoms with Gasteiger partial charge in [0.05, 0.1) is 0 Å². The molecule has 3 heteroatoms. The summed E-state index contributed by atoms with van der Waals surface area (Å²) in [4.78, 5) is 23.1. The number of carboxylic acid groups (broad SMARTS) is 1. The maximum absolute atomic E-state index is 12.0. The highest BCUT2D eigenvalue weighted by Gasteiger charge is 2.50. The van der Waals surface area contributed by atoms with Crippen molar-refractivity contribution in [3.63, 3.8) is 0 Å². The monoisotopic (exact) mass is 204 g/mol. The van der Waals surface area contributed by atoms with E-state index in [1.165, 1.54) is 0 Å². The quantitative estimate of drug-likeness (QED) is 0.606. The third-order valence-corrected chi connectivity index (χ3v) is 3.09. The van der Waals surface area contributed by atoms with Gasteiger partial charge in [-0.3, -0.25) is 9.59 Å². The van der Waals surface area contributed by atoms with Gasteiger partial charge in [-0.25, -0.2) is 0 Å². The molecule has 0 aromatic heterocycles. The number of rotatable bonds is 3. The van der Waals surface area contributed by atoms with E-state index in [0.29, 0.717) is 18.4 Å². The average Bonchev–Trinajstić information content (AvgIpc) is 2.16. The molecule has 15 heavy (non-hydrogen) atoms. The fourth-order valence-corrected chi connectivity index (χ4v) is 1.93. The number of ketones is 1. The molecule has 1 aliphatic carbocycles. The molecule has 0 spiro atoms. The van der Waals surface area contributed by atoms with Crippen LogP contribution < -0.4 is 0 Å². The molecule has 0 aliphatic heterocycles. The summed E-state index contributed by atoms with van der Waals surface area (Å²) in [7, 11) is 0. The van der Waals surface area contributed by atoms with E-state index in [-0.39, 0.29) is 5.78 Å². The fraction of sp³-hybridized carbons (Fsp3) is 0.333. The second kappa shape index (κ2) is 3.50. The van der Waals surface area contributed by atoms with Crippen molar-refractivity contribution in [3.8, 4) is 0 Å². The van der Waals surface area contributed by atoms with Crippen molar-refractivity contribution in [1.29, 1.82) is 0 Å². The Morgan fingerprint density at radius 1 is 1.13 bits per heavy atom. The van der Waals surface area contributed by atoms with Crippen molar-refractivity contribution in [2.75, 3.05) is 0 Å². The Morgan fingerprint density at radius 2 is 1.73 bits per heavy atom. The molecular formula is C12H12O3. The Bertz CT molecular complexity index is 391. The van der Waals surface area contributed by atoms with Crippen LogP contribution >= 0.6 is 0 Å². The van der Waals surface area contributed by atoms with Gasteiger partial charge in [0.15, 0.2) is 5.78 Å². The lowest BCUT2D eigenvalue weighted by Crippen LogP contribution is -2.45. The second-order valence-electron chi connectivity index (χ2n) is 3.94. The van der Waals surface area contributed by atoms with E-state index in [9.17, 15) is 9.59 Å². The van der Waals surface area contributed by atoms with Gasteiger partial charge < -0.3 is 5.11 Å². The van der Waals surface area contributed by atoms with Crippen LogP contribution in [-0.4, -0.2) is 16.9 Å². The van der Waals surface area contributed by atoms with Gasteiger partial charge in [-0.1, -0.05) is 36.8 Å². The number of carbonyl (C=O) groups excluding carboxylic acids is 1. The second-order valence-corrected chi connectivity index (χ2v) is 3.94. The first-order valence-electron chi connectivity index (χ1n) is 5.00. The maximum Gasteiger partial charge on any atom is 0.317 e. The summed E-state index contributed by atoms with van der Waals surface area (Å²) >= 11 is 0. The van der Waals surface area contributed by atoms with Crippen LogP contribution in [-0.2, 0) is 4.79 Å². The van der Waals surface area contributed by atoms with Crippen molar-refractivity contribution in [3.05, 3.63) is 35.9 Å². The topological polar surface area (TPSA) is 54.4 Å². The molecule has 3 nitrogen and oxygen atoms in total. The van der Waals surface area contributed by atoms with Gasteiger partial charge in [0, 0.05) is 5.56 Å². The summed E-state index contributed by atoms with van der Waals surface area (Å²) in [6, 6.07) is 8.66. The number of carbonyl (C=O) groups is 2. The van der Waals surface area contributed by atoms with Crippen LogP contribution in [0.2, 0.25) is 0 Å². The zero-order valence-corrected chi connectivity index (χ0v) is 8.27. The molecule has 2 rings (SSSR count). The number of hydrogen-bond acceptors (Lipinski definition) is 2. The fourth-order valence-electron chi connectivity index (χ4n) is 1.93. The van der Waals surface area contributed by atoms with Gasteiger partial charge in [0.2, 0.25) is 0 Å². The lowest BCUT2D eigenvalue weighted by Gasteiger charge is -2.35. The summed E-state index contributed by atoms with van der Waals surface area (Å²) in [6.45, 7) is 0. The molecule has 1 aromatic carbocycles. The number of hydrogen-bond donors (Lipinski definition) is 1. The Hall–Kier alpha value is -1.64. The van der Waals surface area contributed by atoms with E-state index in [1.54, 1.807) is 24.3 Å². The third kappa shape index (κ3) is 1.44. The summed E-state index contributed by atoms with van der Waals surface area (Å²) in [6.07, 6.45) is 1.76. The van der Waals surface area contributed by atoms with Crippen LogP contribution in [0.3, 0.4) is 0 Å². The molecule has 1 aromatic rings. The minimum absolute atomic E-state index is 0.248. The molecule has 1 fully saturated rings. The highest BCUT2D eigenvalue weighted by molar-refractivity contribution is 6.12. The molecule has 0 atom stereocenters. The minimum atomic E-state index is -1.14. The molecule has 0 bridgehead atoms. The van der Waals surface area contributed by atoms with Crippen LogP contribution in [0.1, 0.15) is 29.6 Å². The number of aliphatic carboxylic acids is 1. The van der Waals surface area contributed by atoms with Crippen LogP contribution in [0.15, 0.2) is 30.3 Å². The molecule has 0 radical (unpaired) electrons. The van der Waals surface area contributed by atoms with E-state index in [1.807, 2.05) is 6.07 Å². The van der Waals surface area contributed by atoms with Gasteiger partial charge in [-0.05, 0) is 12.8 Å². The average molecular weight is 204 g/mol. The molecule has 1 aliphatic rings. The Labute approximate surface area is 87.7 Å². The first-order valence-corrected chi connectivity index (χ1v) is 5.00. The van der Waals surface area contributed by atoms with E-state index < -0.39 is 11.4 Å². The zero-order chi connectivity index (χ0) is 10.9. The SMILES string of the molecule is O=C(O)C1(C(=O)c2ccccc2)CCC1. The first kappa shape index (κ1) is 9.90. The van der Waals surface area contributed by atoms with E-state index in [2.05, 4.69) is 0 Å². The lowest BCUT2D eigenvalue weighted by molar-refractivity contribution is -0.150. The van der Waals surface area contributed by atoms with Gasteiger partial charge in [0.25, 0.3) is 0 Å². The van der Waals surface area contributed by atoms with Crippen LogP contribution in [0, 0.1) is 5.41 Å². The third-order valence-electron chi connectivity index (χ3n) is 3.09. The predicted molar refractivity (Wildman–Crippen MR) is 54.7 cm³/mol. The largest absolute Gasteiger partial charge is 0.480 e. The standard InChI is InChI=1S/C12H12O3/c13-10(9-5-2-1-3-6-9)12(11(14)15)7-4-8-12/h1-3,5-6H,4,7-8H2,(H,14,15). The minimum Gasteiger partial charge on any atom is -0.480 e. The molecule has 1 saturated carbocycles. The zero-order valence-electron chi connectivity index (χ0n) is 8.27. The number of Topliss-reactive ketones (excluding diaryl/α,β-unsaturated/α-hetero) is 1. The molecule has 1 N–H and O–H groups in total. The summed E-state index contributed by atoms with van der Waals surface area (Å²) in [5.41, 5.74) is -0.638. The maximum atomic E-state index is 12.0. The smallest absolute Gasteiger partial charge is 0.317 e. The normalized spacial score (nSPS) is 17.9. The van der Waals surface area contributed by atoms with Crippen molar-refractivity contribution in [1.82, 2.24) is 0 Å². The Balaban J connectivity index is 2.32. The summed E-state index contributed by atoms with van der Waals surface area (Å²) < 4.78 is 0. The number of carboxylic acids is 1. The highest BCUT2D eigenvalue weighted by Crippen LogP contribution is 2.43. The van der Waals surface area contributed by atoms with E-state index >= 15 is 0 Å². The summed E-state index contributed by atoms with van der Waals surface area (Å²) in [5, 5.41) is 9.09. The van der Waals surface area contributed by atoms with Crippen LogP contribution in [0.5, 0.6) is 0 Å². The van der Waals surface area contributed by atoms with Crippen molar-refractivity contribution >= 4 is 11.8 Å². The van der Waals surface area contributed by atoms with Gasteiger partial charge in [-0.2, -0.15) is 0 Å². The number of benzene rings is 1. The van der Waals surface area contributed by atoms with Gasteiger partial charge in [0.1, 0.15) is 5.41 Å². The van der Waals surface area contributed by atoms with Gasteiger partial charge >= 0.3 is 5.97 Å². The molecule has 0 heterocycles. The molecule has 0 saturated heterocycles. The predicted octanol–water partition coefficient (Wildman–Crippen LogP) is 2.12. The highest BCUT2D eigenvalue weighted by atomic mass is 16.4. The Morgan fingerprint density at radius 3 is 2.13 bits per heavy atom. The molecule has 0 amide bonds. The lowest BCUT2D eigenvalue weighted by atomic mass is 9.64. The molecular weight excluding hydrogens is 192 g/mol. The van der Waals surface area contributed by atoms with Crippen molar-refractivity contribution in [2.24, 2.45) is 5.41 Å². The van der Waals surface area contributed by atoms with E-state index in [0.717, 1.165) is 6.42 Å².